The van der Waals surface area contributed by atoms with Gasteiger partial charge in [0.15, 0.2) is 0 Å². The van der Waals surface area contributed by atoms with E-state index in [4.69, 9.17) is 23.7 Å². The molecule has 0 bridgehead atoms. The maximum atomic E-state index is 13.4. The standard InChI is InChI=1S/C32H40O7S/c1-9-10-17-40-22-16-12-14-20-24(22)30(38-18(2)33)26-25(28(20)39-31(34)32(3,4)5)27(36-7)19-13-11-15-21(35-6)23(19)29(26)37-8/h11,13,15,22H,9-10,12,14,16-17H2,1-8H3/t22-/m0/s1. The van der Waals surface area contributed by atoms with Crippen LogP contribution in [0.25, 0.3) is 21.5 Å². The highest BCUT2D eigenvalue weighted by Crippen LogP contribution is 2.58. The van der Waals surface area contributed by atoms with E-state index in [9.17, 15) is 9.59 Å². The van der Waals surface area contributed by atoms with Gasteiger partial charge in [-0.1, -0.05) is 25.5 Å². The number of ether oxygens (including phenoxy) is 5. The van der Waals surface area contributed by atoms with Crippen molar-refractivity contribution in [1.29, 1.82) is 0 Å². The number of carbonyl (C=O) groups excluding carboxylic acids is 2. The lowest BCUT2D eigenvalue weighted by molar-refractivity contribution is -0.143. The second-order valence-electron chi connectivity index (χ2n) is 11.1. The van der Waals surface area contributed by atoms with Crippen molar-refractivity contribution in [3.63, 3.8) is 0 Å². The van der Waals surface area contributed by atoms with E-state index in [1.54, 1.807) is 21.3 Å². The molecule has 0 unspecified atom stereocenters. The minimum atomic E-state index is -0.741. The Kier molecular flexibility index (Phi) is 9.08. The molecular weight excluding hydrogens is 528 g/mol. The van der Waals surface area contributed by atoms with E-state index in [1.165, 1.54) is 6.92 Å². The highest BCUT2D eigenvalue weighted by Gasteiger charge is 2.37. The smallest absolute Gasteiger partial charge is 0.316 e. The first-order valence-electron chi connectivity index (χ1n) is 13.8. The van der Waals surface area contributed by atoms with Crippen LogP contribution in [0.3, 0.4) is 0 Å². The second-order valence-corrected chi connectivity index (χ2v) is 12.4. The third kappa shape index (κ3) is 5.42. The Morgan fingerprint density at radius 2 is 1.62 bits per heavy atom. The lowest BCUT2D eigenvalue weighted by Gasteiger charge is -2.32. The first kappa shape index (κ1) is 29.8. The molecular formula is C32H40O7S. The quantitative estimate of drug-likeness (QED) is 0.112. The van der Waals surface area contributed by atoms with Crippen molar-refractivity contribution >= 4 is 45.2 Å². The third-order valence-corrected chi connectivity index (χ3v) is 8.61. The summed E-state index contributed by atoms with van der Waals surface area (Å²) < 4.78 is 30.3. The van der Waals surface area contributed by atoms with Crippen LogP contribution in [0.1, 0.15) is 76.7 Å². The van der Waals surface area contributed by atoms with Crippen LogP contribution in [-0.4, -0.2) is 39.0 Å². The number of hydrogen-bond donors (Lipinski definition) is 0. The van der Waals surface area contributed by atoms with Gasteiger partial charge >= 0.3 is 11.9 Å². The molecule has 0 aromatic heterocycles. The van der Waals surface area contributed by atoms with Crippen molar-refractivity contribution in [2.24, 2.45) is 5.41 Å². The van der Waals surface area contributed by atoms with E-state index in [0.717, 1.165) is 47.9 Å². The zero-order valence-corrected chi connectivity index (χ0v) is 25.6. The van der Waals surface area contributed by atoms with Crippen molar-refractivity contribution in [3.05, 3.63) is 29.3 Å². The fourth-order valence-corrected chi connectivity index (χ4v) is 6.84. The lowest BCUT2D eigenvalue weighted by Crippen LogP contribution is -2.27. The molecule has 0 fully saturated rings. The Morgan fingerprint density at radius 3 is 2.23 bits per heavy atom. The summed E-state index contributed by atoms with van der Waals surface area (Å²) in [5.74, 6) is 2.61. The summed E-state index contributed by atoms with van der Waals surface area (Å²) in [4.78, 5) is 26.1. The summed E-state index contributed by atoms with van der Waals surface area (Å²) in [5, 5.41) is 2.56. The molecule has 8 heteroatoms. The first-order chi connectivity index (χ1) is 19.1. The lowest BCUT2D eigenvalue weighted by atomic mass is 9.85. The number of benzene rings is 3. The molecule has 4 rings (SSSR count). The number of carbonyl (C=O) groups is 2. The fraction of sp³-hybridized carbons (Fsp3) is 0.500. The van der Waals surface area contributed by atoms with Crippen LogP contribution in [0.4, 0.5) is 0 Å². The summed E-state index contributed by atoms with van der Waals surface area (Å²) in [6.07, 6.45) is 4.69. The third-order valence-electron chi connectivity index (χ3n) is 7.21. The van der Waals surface area contributed by atoms with Crippen molar-refractivity contribution in [1.82, 2.24) is 0 Å². The van der Waals surface area contributed by atoms with Gasteiger partial charge < -0.3 is 23.7 Å². The van der Waals surface area contributed by atoms with Gasteiger partial charge in [-0.15, -0.1) is 0 Å². The molecule has 0 saturated heterocycles. The van der Waals surface area contributed by atoms with Crippen molar-refractivity contribution in [2.75, 3.05) is 27.1 Å². The number of hydrogen-bond acceptors (Lipinski definition) is 8. The number of methoxy groups -OCH3 is 3. The molecule has 7 nitrogen and oxygen atoms in total. The molecule has 0 N–H and O–H groups in total. The summed E-state index contributed by atoms with van der Waals surface area (Å²) in [7, 11) is 4.77. The largest absolute Gasteiger partial charge is 0.496 e. The van der Waals surface area contributed by atoms with Gasteiger partial charge in [-0.3, -0.25) is 9.59 Å². The van der Waals surface area contributed by atoms with E-state index in [-0.39, 0.29) is 11.2 Å². The Morgan fingerprint density at radius 1 is 0.925 bits per heavy atom. The number of unbranched alkanes of at least 4 members (excludes halogenated alkanes) is 1. The molecule has 0 aliphatic heterocycles. The van der Waals surface area contributed by atoms with Crippen LogP contribution in [0, 0.1) is 5.41 Å². The minimum absolute atomic E-state index is 0.0604. The zero-order valence-electron chi connectivity index (χ0n) is 24.8. The summed E-state index contributed by atoms with van der Waals surface area (Å²) >= 11 is 1.85. The second kappa shape index (κ2) is 12.2. The van der Waals surface area contributed by atoms with Gasteiger partial charge in [0, 0.05) is 28.7 Å². The molecule has 1 aliphatic carbocycles. The van der Waals surface area contributed by atoms with E-state index in [2.05, 4.69) is 6.92 Å². The summed E-state index contributed by atoms with van der Waals surface area (Å²) in [5.41, 5.74) is 1.03. The number of fused-ring (bicyclic) bond motifs is 3. The molecule has 0 spiro atoms. The van der Waals surface area contributed by atoms with Crippen molar-refractivity contribution in [3.8, 4) is 28.7 Å². The van der Waals surface area contributed by atoms with Gasteiger partial charge in [-0.25, -0.2) is 0 Å². The fourth-order valence-electron chi connectivity index (χ4n) is 5.35. The van der Waals surface area contributed by atoms with Crippen molar-refractivity contribution in [2.45, 2.75) is 72.0 Å². The minimum Gasteiger partial charge on any atom is -0.496 e. The Balaban J connectivity index is 2.26. The highest BCUT2D eigenvalue weighted by atomic mass is 32.2. The molecule has 0 saturated carbocycles. The van der Waals surface area contributed by atoms with Gasteiger partial charge in [0.05, 0.1) is 42.9 Å². The number of thioether (sulfide) groups is 1. The van der Waals surface area contributed by atoms with Crippen molar-refractivity contribution < 1.29 is 33.3 Å². The average Bonchev–Trinajstić information content (AvgIpc) is 2.92. The van der Waals surface area contributed by atoms with Crippen LogP contribution in [-0.2, 0) is 16.0 Å². The molecule has 40 heavy (non-hydrogen) atoms. The van der Waals surface area contributed by atoms with Crippen LogP contribution in [0.5, 0.6) is 28.7 Å². The maximum absolute atomic E-state index is 13.4. The first-order valence-corrected chi connectivity index (χ1v) is 14.9. The van der Waals surface area contributed by atoms with E-state index < -0.39 is 11.4 Å². The molecule has 0 heterocycles. The van der Waals surface area contributed by atoms with Gasteiger partial charge in [0.2, 0.25) is 0 Å². The Bertz CT molecular complexity index is 1440. The van der Waals surface area contributed by atoms with Gasteiger partial charge in [-0.2, -0.15) is 11.8 Å². The molecule has 0 amide bonds. The average molecular weight is 569 g/mol. The van der Waals surface area contributed by atoms with Crippen LogP contribution in [0.15, 0.2) is 18.2 Å². The van der Waals surface area contributed by atoms with Gasteiger partial charge in [-0.05, 0) is 58.3 Å². The van der Waals surface area contributed by atoms with Crippen LogP contribution in [0.2, 0.25) is 0 Å². The molecule has 3 aromatic carbocycles. The van der Waals surface area contributed by atoms with Gasteiger partial charge in [0.25, 0.3) is 0 Å². The summed E-state index contributed by atoms with van der Waals surface area (Å²) in [6, 6.07) is 5.65. The highest BCUT2D eigenvalue weighted by molar-refractivity contribution is 7.99. The van der Waals surface area contributed by atoms with E-state index >= 15 is 0 Å². The number of rotatable bonds is 9. The topological polar surface area (TPSA) is 80.3 Å². The van der Waals surface area contributed by atoms with E-state index in [0.29, 0.717) is 51.3 Å². The van der Waals surface area contributed by atoms with Crippen LogP contribution >= 0.6 is 11.8 Å². The predicted molar refractivity (Wildman–Crippen MR) is 161 cm³/mol. The Hall–Kier alpha value is -3.13. The number of esters is 2. The molecule has 1 aliphatic rings. The normalized spacial score (nSPS) is 15.1. The maximum Gasteiger partial charge on any atom is 0.316 e. The SMILES string of the molecule is CCCCS[C@H]1CCCc2c1c(OC(C)=O)c1c(OC)c3c(OC)cccc3c(OC)c1c2OC(=O)C(C)(C)C. The predicted octanol–water partition coefficient (Wildman–Crippen LogP) is 7.81. The van der Waals surface area contributed by atoms with Gasteiger partial charge in [0.1, 0.15) is 28.7 Å². The Labute approximate surface area is 240 Å². The molecule has 216 valence electrons. The zero-order chi connectivity index (χ0) is 29.2. The van der Waals surface area contributed by atoms with E-state index in [1.807, 2.05) is 50.7 Å². The molecule has 3 aromatic rings. The molecule has 0 radical (unpaired) electrons. The van der Waals surface area contributed by atoms with Crippen LogP contribution < -0.4 is 23.7 Å². The summed E-state index contributed by atoms with van der Waals surface area (Å²) in [6.45, 7) is 9.07. The monoisotopic (exact) mass is 568 g/mol. The molecule has 1 atom stereocenters.